The number of nitrogens with zero attached hydrogens (tertiary/aromatic N) is 3. The molecular formula is C20H24ClN3O4S. The predicted molar refractivity (Wildman–Crippen MR) is 115 cm³/mol. The van der Waals surface area contributed by atoms with Crippen LogP contribution in [0.15, 0.2) is 35.1 Å². The highest BCUT2D eigenvalue weighted by Crippen LogP contribution is 2.27. The fourth-order valence-electron chi connectivity index (χ4n) is 3.12. The Morgan fingerprint density at radius 3 is 2.48 bits per heavy atom. The minimum atomic E-state index is -3.56. The van der Waals surface area contributed by atoms with Crippen molar-refractivity contribution in [3.05, 3.63) is 51.4 Å². The molecule has 156 valence electrons. The van der Waals surface area contributed by atoms with Gasteiger partial charge in [0.25, 0.3) is 10.1 Å². The lowest BCUT2D eigenvalue weighted by Crippen LogP contribution is -2.27. The minimum Gasteiger partial charge on any atom is -0.290 e. The van der Waals surface area contributed by atoms with Crippen LogP contribution in [0.2, 0.25) is 5.02 Å². The van der Waals surface area contributed by atoms with Gasteiger partial charge in [-0.3, -0.25) is 13.3 Å². The average Bonchev–Trinajstić information content (AvgIpc) is 2.82. The number of rotatable bonds is 5. The number of aryl methyl sites for hydroxylation is 1. The summed E-state index contributed by atoms with van der Waals surface area (Å²) in [7, 11) is -1.87. The molecule has 0 saturated heterocycles. The van der Waals surface area contributed by atoms with Crippen LogP contribution < -0.4 is 5.69 Å². The van der Waals surface area contributed by atoms with Gasteiger partial charge in [0, 0.05) is 24.2 Å². The first kappa shape index (κ1) is 21.5. The van der Waals surface area contributed by atoms with Crippen molar-refractivity contribution in [1.29, 1.82) is 0 Å². The zero-order chi connectivity index (χ0) is 21.6. The molecule has 9 heteroatoms. The van der Waals surface area contributed by atoms with Crippen molar-refractivity contribution in [1.82, 2.24) is 14.1 Å². The highest BCUT2D eigenvalue weighted by Gasteiger charge is 2.19. The van der Waals surface area contributed by atoms with E-state index in [-0.39, 0.29) is 17.7 Å². The van der Waals surface area contributed by atoms with E-state index in [0.717, 1.165) is 11.8 Å². The molecule has 2 aromatic heterocycles. The van der Waals surface area contributed by atoms with Crippen LogP contribution in [-0.4, -0.2) is 28.8 Å². The molecule has 7 nitrogen and oxygen atoms in total. The van der Waals surface area contributed by atoms with Crippen molar-refractivity contribution in [2.45, 2.75) is 33.9 Å². The van der Waals surface area contributed by atoms with Crippen molar-refractivity contribution in [2.24, 2.45) is 12.5 Å². The maximum Gasteiger partial charge on any atom is 0.330 e. The number of aromatic nitrogens is 3. The fraction of sp³-hybridized carbons (Fsp3) is 0.400. The zero-order valence-electron chi connectivity index (χ0n) is 17.1. The van der Waals surface area contributed by atoms with E-state index in [4.69, 9.17) is 15.8 Å². The lowest BCUT2D eigenvalue weighted by atomic mass is 9.97. The van der Waals surface area contributed by atoms with E-state index in [1.807, 2.05) is 12.1 Å². The summed E-state index contributed by atoms with van der Waals surface area (Å²) in [6.45, 7) is 6.69. The molecule has 0 atom stereocenters. The van der Waals surface area contributed by atoms with Gasteiger partial charge >= 0.3 is 5.69 Å². The molecule has 0 unspecified atom stereocenters. The van der Waals surface area contributed by atoms with E-state index >= 15 is 0 Å². The molecule has 3 rings (SSSR count). The maximum atomic E-state index is 12.7. The van der Waals surface area contributed by atoms with Crippen LogP contribution in [0.4, 0.5) is 0 Å². The highest BCUT2D eigenvalue weighted by molar-refractivity contribution is 7.85. The molecular weight excluding hydrogens is 414 g/mol. The monoisotopic (exact) mass is 437 g/mol. The Bertz CT molecular complexity index is 1240. The van der Waals surface area contributed by atoms with Crippen molar-refractivity contribution in [3.8, 4) is 11.3 Å². The molecule has 0 spiro atoms. The summed E-state index contributed by atoms with van der Waals surface area (Å²) in [5, 5.41) is 0.440. The first-order chi connectivity index (χ1) is 13.3. The molecule has 0 N–H and O–H groups in total. The minimum absolute atomic E-state index is 0.0573. The second-order valence-corrected chi connectivity index (χ2v) is 10.4. The summed E-state index contributed by atoms with van der Waals surface area (Å²) in [5.41, 5.74) is 3.11. The quantitative estimate of drug-likeness (QED) is 0.569. The van der Waals surface area contributed by atoms with E-state index in [1.165, 1.54) is 4.57 Å². The van der Waals surface area contributed by atoms with Gasteiger partial charge in [-0.15, -0.1) is 0 Å². The molecule has 0 fully saturated rings. The third-order valence-electron chi connectivity index (χ3n) is 4.31. The van der Waals surface area contributed by atoms with Crippen LogP contribution in [0.25, 0.3) is 22.4 Å². The van der Waals surface area contributed by atoms with Gasteiger partial charge in [-0.25, -0.2) is 9.78 Å². The fourth-order valence-corrected chi connectivity index (χ4v) is 3.73. The number of halogens is 1. The molecule has 0 radical (unpaired) electrons. The zero-order valence-corrected chi connectivity index (χ0v) is 18.6. The Morgan fingerprint density at radius 2 is 1.86 bits per heavy atom. The topological polar surface area (TPSA) is 83.2 Å². The summed E-state index contributed by atoms with van der Waals surface area (Å²) in [6.07, 6.45) is 0.997. The van der Waals surface area contributed by atoms with Gasteiger partial charge in [-0.1, -0.05) is 32.4 Å². The molecule has 3 aromatic rings. The van der Waals surface area contributed by atoms with E-state index in [9.17, 15) is 13.2 Å². The average molecular weight is 438 g/mol. The summed E-state index contributed by atoms with van der Waals surface area (Å²) in [5.74, 6) is 0. The van der Waals surface area contributed by atoms with Crippen LogP contribution >= 0.6 is 11.6 Å². The third-order valence-corrected chi connectivity index (χ3v) is 5.07. The lowest BCUT2D eigenvalue weighted by molar-refractivity contribution is 0.312. The van der Waals surface area contributed by atoms with Crippen molar-refractivity contribution in [3.63, 3.8) is 0 Å². The van der Waals surface area contributed by atoms with Gasteiger partial charge in [-0.05, 0) is 41.3 Å². The number of imidazole rings is 1. The van der Waals surface area contributed by atoms with Crippen molar-refractivity contribution in [2.75, 3.05) is 6.26 Å². The first-order valence-corrected chi connectivity index (χ1v) is 11.2. The van der Waals surface area contributed by atoms with Crippen LogP contribution in [0.1, 0.15) is 26.3 Å². The van der Waals surface area contributed by atoms with E-state index in [2.05, 4.69) is 25.8 Å². The highest BCUT2D eigenvalue weighted by atomic mass is 35.5. The second-order valence-electron chi connectivity index (χ2n) is 8.34. The molecule has 0 aliphatic rings. The number of benzene rings is 1. The van der Waals surface area contributed by atoms with Crippen molar-refractivity contribution >= 4 is 32.9 Å². The predicted octanol–water partition coefficient (Wildman–Crippen LogP) is 3.58. The Kier molecular flexibility index (Phi) is 5.64. The Balaban J connectivity index is 2.06. The van der Waals surface area contributed by atoms with Gasteiger partial charge in [0.15, 0.2) is 5.65 Å². The van der Waals surface area contributed by atoms with Gasteiger partial charge in [0.1, 0.15) is 0 Å². The molecule has 2 heterocycles. The number of hydrogen-bond acceptors (Lipinski definition) is 5. The molecule has 0 amide bonds. The summed E-state index contributed by atoms with van der Waals surface area (Å²) in [4.78, 5) is 17.4. The van der Waals surface area contributed by atoms with E-state index in [0.29, 0.717) is 34.0 Å². The number of pyridine rings is 1. The van der Waals surface area contributed by atoms with Crippen molar-refractivity contribution < 1.29 is 12.6 Å². The van der Waals surface area contributed by atoms with E-state index in [1.54, 1.807) is 29.8 Å². The van der Waals surface area contributed by atoms with Gasteiger partial charge < -0.3 is 0 Å². The normalized spacial score (nSPS) is 12.6. The molecule has 29 heavy (non-hydrogen) atoms. The molecule has 1 aromatic carbocycles. The second kappa shape index (κ2) is 7.59. The SMILES string of the molecule is Cn1c(=O)n(CC(C)(C)C)c2ccc(-c3cc(Cl)cc(COS(C)(=O)=O)c3)nc21. The smallest absolute Gasteiger partial charge is 0.290 e. The molecule has 0 aliphatic carbocycles. The number of hydrogen-bond donors (Lipinski definition) is 0. The Hall–Kier alpha value is -2.16. The standard InChI is InChI=1S/C20H24ClN3O4S/c1-20(2,3)12-24-17-7-6-16(22-18(17)23(4)19(24)25)14-8-13(9-15(21)10-14)11-28-29(5,26)27/h6-10H,11-12H2,1-5H3. The largest absolute Gasteiger partial charge is 0.330 e. The Morgan fingerprint density at radius 1 is 1.17 bits per heavy atom. The summed E-state index contributed by atoms with van der Waals surface area (Å²) in [6, 6.07) is 8.86. The maximum absolute atomic E-state index is 12.7. The first-order valence-electron chi connectivity index (χ1n) is 9.04. The summed E-state index contributed by atoms with van der Waals surface area (Å²) < 4.78 is 30.6. The van der Waals surface area contributed by atoms with Gasteiger partial charge in [0.2, 0.25) is 0 Å². The number of fused-ring (bicyclic) bond motifs is 1. The Labute approximate surface area is 175 Å². The van der Waals surface area contributed by atoms with Crippen LogP contribution in [0.3, 0.4) is 0 Å². The molecule has 0 bridgehead atoms. The van der Waals surface area contributed by atoms with E-state index < -0.39 is 10.1 Å². The van der Waals surface area contributed by atoms with Crippen LogP contribution in [0, 0.1) is 5.41 Å². The molecule has 0 saturated carbocycles. The van der Waals surface area contributed by atoms with Gasteiger partial charge in [-0.2, -0.15) is 8.42 Å². The third kappa shape index (κ3) is 5.07. The van der Waals surface area contributed by atoms with Crippen LogP contribution in [-0.2, 0) is 34.5 Å². The summed E-state index contributed by atoms with van der Waals surface area (Å²) >= 11 is 6.21. The lowest BCUT2D eigenvalue weighted by Gasteiger charge is -2.18. The molecule has 0 aliphatic heterocycles. The van der Waals surface area contributed by atoms with Gasteiger partial charge in [0.05, 0.1) is 24.1 Å². The van der Waals surface area contributed by atoms with Crippen LogP contribution in [0.5, 0.6) is 0 Å².